The molecule has 4 rings (SSSR count). The largest absolute Gasteiger partial charge is 0.359 e. The van der Waals surface area contributed by atoms with E-state index in [0.717, 1.165) is 24.8 Å². The number of hydrogen-bond acceptors (Lipinski definition) is 2. The molecule has 0 aliphatic heterocycles. The molecule has 0 bridgehead atoms. The van der Waals surface area contributed by atoms with Gasteiger partial charge in [0.2, 0.25) is 5.91 Å². The summed E-state index contributed by atoms with van der Waals surface area (Å²) in [6.07, 6.45) is 3.02. The van der Waals surface area contributed by atoms with E-state index in [4.69, 9.17) is 11.6 Å². The minimum atomic E-state index is -0.0895. The molecule has 0 unspecified atom stereocenters. The van der Waals surface area contributed by atoms with Crippen molar-refractivity contribution in [3.63, 3.8) is 0 Å². The van der Waals surface area contributed by atoms with E-state index in [-0.39, 0.29) is 23.8 Å². The quantitative estimate of drug-likeness (QED) is 0.679. The zero-order valence-electron chi connectivity index (χ0n) is 17.5. The highest BCUT2D eigenvalue weighted by molar-refractivity contribution is 6.30. The van der Waals surface area contributed by atoms with Crippen molar-refractivity contribution in [1.29, 1.82) is 0 Å². The summed E-state index contributed by atoms with van der Waals surface area (Å²) in [5, 5.41) is 6.73. The number of halogens is 1. The van der Waals surface area contributed by atoms with E-state index in [1.54, 1.807) is 31.3 Å². The third-order valence-corrected chi connectivity index (χ3v) is 7.29. The lowest BCUT2D eigenvalue weighted by Crippen LogP contribution is -2.38. The van der Waals surface area contributed by atoms with Crippen LogP contribution in [0.4, 0.5) is 0 Å². The number of benzene rings is 2. The molecule has 4 nitrogen and oxygen atoms in total. The van der Waals surface area contributed by atoms with Crippen molar-refractivity contribution in [2.45, 2.75) is 38.1 Å². The number of hydrogen-bond donors (Lipinski definition) is 2. The second kappa shape index (κ2) is 8.81. The minimum Gasteiger partial charge on any atom is -0.359 e. The van der Waals surface area contributed by atoms with Crippen LogP contribution in [-0.2, 0) is 4.79 Å². The number of fused-ring (bicyclic) bond motifs is 1. The van der Waals surface area contributed by atoms with Crippen molar-refractivity contribution in [2.24, 2.45) is 23.7 Å². The van der Waals surface area contributed by atoms with E-state index in [9.17, 15) is 9.59 Å². The lowest BCUT2D eigenvalue weighted by molar-refractivity contribution is -0.123. The van der Waals surface area contributed by atoms with Crippen molar-refractivity contribution in [1.82, 2.24) is 10.6 Å². The average molecular weight is 425 g/mol. The normalized spacial score (nSPS) is 26.4. The summed E-state index contributed by atoms with van der Waals surface area (Å²) in [5.74, 6) is 2.06. The zero-order valence-corrected chi connectivity index (χ0v) is 18.2. The summed E-state index contributed by atoms with van der Waals surface area (Å²) in [6.45, 7) is 2.13. The SMILES string of the molecule is CC[C@H](NC(=O)c1ccc(Cl)cc1)[C@H]1[C@@H]2C[C@@H]([C@H](C(=O)NC)c3ccccc3)C[C@@H]21. The standard InChI is InChI=1S/C25H29ClN2O2/c1-3-21(28-24(29)16-9-11-18(26)12-10-16)23-19-13-17(14-20(19)23)22(25(30)27-2)15-7-5-4-6-8-15/h4-12,17,19-23H,3,13-14H2,1-2H3,(H,27,30)(H,28,29)/t17-,19-,20+,21-,22+,23+/m0/s1. The van der Waals surface area contributed by atoms with Crippen LogP contribution < -0.4 is 10.6 Å². The topological polar surface area (TPSA) is 58.2 Å². The Labute approximate surface area is 183 Å². The highest BCUT2D eigenvalue weighted by Gasteiger charge is 2.60. The van der Waals surface area contributed by atoms with E-state index in [1.807, 2.05) is 18.2 Å². The maximum Gasteiger partial charge on any atom is 0.251 e. The number of likely N-dealkylation sites (N-methyl/N-ethyl adjacent to an activating group) is 1. The van der Waals surface area contributed by atoms with Crippen LogP contribution in [-0.4, -0.2) is 24.9 Å². The molecule has 2 aromatic carbocycles. The monoisotopic (exact) mass is 424 g/mol. The van der Waals surface area contributed by atoms with Crippen LogP contribution in [0.15, 0.2) is 54.6 Å². The van der Waals surface area contributed by atoms with Crippen LogP contribution in [0.3, 0.4) is 0 Å². The van der Waals surface area contributed by atoms with Gasteiger partial charge in [0.1, 0.15) is 0 Å². The average Bonchev–Trinajstić information content (AvgIpc) is 3.25. The molecule has 2 amide bonds. The van der Waals surface area contributed by atoms with Crippen LogP contribution in [0.2, 0.25) is 5.02 Å². The summed E-state index contributed by atoms with van der Waals surface area (Å²) in [4.78, 5) is 25.3. The second-order valence-electron chi connectivity index (χ2n) is 8.63. The summed E-state index contributed by atoms with van der Waals surface area (Å²) in [6, 6.07) is 17.3. The van der Waals surface area contributed by atoms with Gasteiger partial charge in [-0.15, -0.1) is 0 Å². The summed E-state index contributed by atoms with van der Waals surface area (Å²) in [7, 11) is 1.72. The van der Waals surface area contributed by atoms with Gasteiger partial charge in [-0.2, -0.15) is 0 Å². The molecule has 0 spiro atoms. The molecular formula is C25H29ClN2O2. The predicted octanol–water partition coefficient (Wildman–Crippen LogP) is 4.65. The first-order chi connectivity index (χ1) is 14.5. The fourth-order valence-electron chi connectivity index (χ4n) is 5.58. The van der Waals surface area contributed by atoms with Crippen molar-refractivity contribution < 1.29 is 9.59 Å². The molecule has 2 N–H and O–H groups in total. The predicted molar refractivity (Wildman–Crippen MR) is 119 cm³/mol. The van der Waals surface area contributed by atoms with Crippen molar-refractivity contribution in [2.75, 3.05) is 7.05 Å². The molecule has 0 aromatic heterocycles. The Balaban J connectivity index is 1.40. The van der Waals surface area contributed by atoms with Crippen LogP contribution in [0.5, 0.6) is 0 Å². The molecule has 0 saturated heterocycles. The maximum atomic E-state index is 12.7. The first kappa shape index (κ1) is 20.9. The summed E-state index contributed by atoms with van der Waals surface area (Å²) >= 11 is 5.93. The lowest BCUT2D eigenvalue weighted by Gasteiger charge is -2.26. The molecule has 2 aliphatic carbocycles. The third kappa shape index (κ3) is 4.11. The molecule has 2 aromatic rings. The molecule has 2 saturated carbocycles. The van der Waals surface area contributed by atoms with Gasteiger partial charge in [0, 0.05) is 23.7 Å². The number of nitrogens with one attached hydrogen (secondary N) is 2. The molecular weight excluding hydrogens is 396 g/mol. The Kier molecular flexibility index (Phi) is 6.14. The van der Waals surface area contributed by atoms with Gasteiger partial charge in [-0.3, -0.25) is 9.59 Å². The van der Waals surface area contributed by atoms with Gasteiger partial charge in [0.15, 0.2) is 0 Å². The molecule has 0 heterocycles. The van der Waals surface area contributed by atoms with E-state index < -0.39 is 0 Å². The highest BCUT2D eigenvalue weighted by atomic mass is 35.5. The van der Waals surface area contributed by atoms with Gasteiger partial charge in [0.05, 0.1) is 5.92 Å². The first-order valence-corrected chi connectivity index (χ1v) is 11.2. The minimum absolute atomic E-state index is 0.0347. The molecule has 5 heteroatoms. The van der Waals surface area contributed by atoms with Gasteiger partial charge in [-0.25, -0.2) is 0 Å². The van der Waals surface area contributed by atoms with Gasteiger partial charge < -0.3 is 10.6 Å². The van der Waals surface area contributed by atoms with Crippen LogP contribution in [0.25, 0.3) is 0 Å². The van der Waals surface area contributed by atoms with Crippen LogP contribution in [0, 0.1) is 23.7 Å². The lowest BCUT2D eigenvalue weighted by atomic mass is 9.80. The zero-order chi connectivity index (χ0) is 21.3. The van der Waals surface area contributed by atoms with E-state index >= 15 is 0 Å². The first-order valence-electron chi connectivity index (χ1n) is 10.9. The Morgan fingerprint density at radius 2 is 1.67 bits per heavy atom. The van der Waals surface area contributed by atoms with Crippen molar-refractivity contribution in [3.05, 3.63) is 70.7 Å². The Hall–Kier alpha value is -2.33. The summed E-state index contributed by atoms with van der Waals surface area (Å²) in [5.41, 5.74) is 1.74. The summed E-state index contributed by atoms with van der Waals surface area (Å²) < 4.78 is 0. The number of carbonyl (C=O) groups excluding carboxylic acids is 2. The number of amides is 2. The maximum absolute atomic E-state index is 12.7. The van der Waals surface area contributed by atoms with Gasteiger partial charge in [-0.05, 0) is 72.8 Å². The van der Waals surface area contributed by atoms with E-state index in [1.165, 1.54) is 0 Å². The van der Waals surface area contributed by atoms with Gasteiger partial charge in [0.25, 0.3) is 5.91 Å². The van der Waals surface area contributed by atoms with Crippen molar-refractivity contribution >= 4 is 23.4 Å². The third-order valence-electron chi connectivity index (χ3n) is 7.03. The molecule has 2 aliphatic rings. The molecule has 6 atom stereocenters. The molecule has 158 valence electrons. The van der Waals surface area contributed by atoms with Crippen LogP contribution >= 0.6 is 11.6 Å². The van der Waals surface area contributed by atoms with E-state index in [0.29, 0.717) is 34.3 Å². The van der Waals surface area contributed by atoms with Gasteiger partial charge in [-0.1, -0.05) is 48.9 Å². The number of carbonyl (C=O) groups is 2. The van der Waals surface area contributed by atoms with Crippen molar-refractivity contribution in [3.8, 4) is 0 Å². The Morgan fingerprint density at radius 1 is 1.03 bits per heavy atom. The second-order valence-corrected chi connectivity index (χ2v) is 9.07. The van der Waals surface area contributed by atoms with Crippen LogP contribution in [0.1, 0.15) is 48.0 Å². The highest BCUT2D eigenvalue weighted by Crippen LogP contribution is 2.63. The fraction of sp³-hybridized carbons (Fsp3) is 0.440. The molecule has 30 heavy (non-hydrogen) atoms. The number of rotatable bonds is 7. The molecule has 2 fully saturated rings. The molecule has 0 radical (unpaired) electrons. The smallest absolute Gasteiger partial charge is 0.251 e. The van der Waals surface area contributed by atoms with Gasteiger partial charge >= 0.3 is 0 Å². The fourth-order valence-corrected chi connectivity index (χ4v) is 5.71. The van der Waals surface area contributed by atoms with E-state index in [2.05, 4.69) is 29.7 Å². The Morgan fingerprint density at radius 3 is 2.23 bits per heavy atom. The Bertz CT molecular complexity index is 887.